The molecule has 3 aliphatic heterocycles. The number of Topliss-reactive ketones (excluding diaryl/α,β-unsaturated/α-hetero) is 2. The predicted molar refractivity (Wildman–Crippen MR) is 288 cm³/mol. The second-order valence-electron chi connectivity index (χ2n) is 23.9. The first-order valence-corrected chi connectivity index (χ1v) is 30.7. The number of ketones is 2. The highest BCUT2D eigenvalue weighted by Gasteiger charge is 2.57. The van der Waals surface area contributed by atoms with Gasteiger partial charge in [-0.1, -0.05) is 78.2 Å². The number of hydrogen-bond acceptors (Lipinski definition) is 14. The zero-order valence-electron chi connectivity index (χ0n) is 47.8. The molecule has 75 heavy (non-hydrogen) atoms. The van der Waals surface area contributed by atoms with E-state index in [9.17, 15) is 29.1 Å². The summed E-state index contributed by atoms with van der Waals surface area (Å²) >= 11 is 0. The van der Waals surface area contributed by atoms with Gasteiger partial charge in [0, 0.05) is 64.9 Å². The Hall–Kier alpha value is -3.58. The van der Waals surface area contributed by atoms with E-state index in [4.69, 9.17) is 38.0 Å². The molecule has 3 fully saturated rings. The van der Waals surface area contributed by atoms with Crippen molar-refractivity contribution in [1.82, 2.24) is 4.90 Å². The van der Waals surface area contributed by atoms with Crippen LogP contribution in [-0.2, 0) is 61.6 Å². The molecule has 1 aliphatic carbocycles. The lowest BCUT2D eigenvalue weighted by Gasteiger charge is -2.47. The van der Waals surface area contributed by atoms with E-state index in [1.165, 1.54) is 12.0 Å². The molecular formula is C58H95NO15Si. The quantitative estimate of drug-likeness (QED) is 0.0457. The van der Waals surface area contributed by atoms with Gasteiger partial charge in [-0.15, -0.1) is 6.58 Å². The SMILES string of the molecule is C=CCC1C=C(C)CC(C)CC(OC)C2OC(O)(C(=O)C(=O)N3CCCCC3C(=O)OC(C(C)=CC3CCC(OC(=O)CCCCCCC(=O)O)C(OC)C3)C(C)C(O[Si](C)(C)C(C)(C)C)CC1=O)C(C)CC2OC. The number of unbranched alkanes of at least 4 members (excludes halogenated alkanes) is 3. The fraction of sp³-hybridized carbons (Fsp3) is 0.793. The molecule has 16 nitrogen and oxygen atoms in total. The molecule has 0 spiro atoms. The van der Waals surface area contributed by atoms with Gasteiger partial charge in [0.1, 0.15) is 30.1 Å². The Morgan fingerprint density at radius 3 is 2.12 bits per heavy atom. The Morgan fingerprint density at radius 1 is 0.867 bits per heavy atom. The van der Waals surface area contributed by atoms with Gasteiger partial charge < -0.3 is 48.0 Å². The first-order valence-electron chi connectivity index (χ1n) is 27.8. The molecule has 0 aromatic rings. The highest BCUT2D eigenvalue weighted by atomic mass is 28.4. The minimum atomic E-state index is -2.62. The summed E-state index contributed by atoms with van der Waals surface area (Å²) in [6, 6.07) is -1.16. The number of aliphatic hydroxyl groups is 1. The zero-order valence-corrected chi connectivity index (χ0v) is 48.8. The predicted octanol–water partition coefficient (Wildman–Crippen LogP) is 9.64. The molecule has 4 aliphatic rings. The maximum atomic E-state index is 15.0. The number of carboxylic acid groups (broad SMARTS) is 1. The highest BCUT2D eigenvalue weighted by Crippen LogP contribution is 2.42. The molecule has 2 bridgehead atoms. The van der Waals surface area contributed by atoms with Gasteiger partial charge in [0.05, 0.1) is 24.4 Å². The zero-order chi connectivity index (χ0) is 56.0. The lowest BCUT2D eigenvalue weighted by atomic mass is 9.81. The van der Waals surface area contributed by atoms with Crippen molar-refractivity contribution in [2.45, 2.75) is 237 Å². The van der Waals surface area contributed by atoms with Crippen molar-refractivity contribution in [3.05, 3.63) is 36.0 Å². The second kappa shape index (κ2) is 28.9. The normalized spacial score (nSPS) is 33.6. The standard InChI is InChI=1S/C58H95NO15Si/c1-15-22-42-30-36(2)29-37(3)31-48(69-11)53-49(70-12)33-39(5)58(67,73-53)54(64)55(65)59-28-21-20-23-43(59)56(66)72-52(40(6)46(35-44(42)60)74-75(13,14)57(7,8)9)38(4)32-41-26-27-45(47(34-41)68-10)71-51(63)25-19-17-16-18-24-50(61)62/h15,30,32,37,39-43,45-49,52-53,67H,1,16-29,31,33-35H2,2-14H3,(H,61,62). The number of carboxylic acids is 1. The average molecular weight is 1070 g/mol. The molecule has 2 saturated heterocycles. The lowest BCUT2D eigenvalue weighted by Crippen LogP contribution is -2.64. The first kappa shape index (κ1) is 63.9. The number of aliphatic carboxylic acids is 1. The monoisotopic (exact) mass is 1070 g/mol. The number of esters is 2. The number of cyclic esters (lactones) is 1. The summed E-state index contributed by atoms with van der Waals surface area (Å²) in [5.74, 6) is -8.68. The number of carbonyl (C=O) groups is 6. The summed E-state index contributed by atoms with van der Waals surface area (Å²) in [7, 11) is 2.06. The van der Waals surface area contributed by atoms with Crippen LogP contribution in [0.2, 0.25) is 18.1 Å². The van der Waals surface area contributed by atoms with Gasteiger partial charge in [-0.2, -0.15) is 0 Å². The number of nitrogens with zero attached hydrogens (tertiary/aromatic N) is 1. The Balaban J connectivity index is 1.80. The van der Waals surface area contributed by atoms with Gasteiger partial charge in [-0.3, -0.25) is 24.0 Å². The largest absolute Gasteiger partial charge is 0.481 e. The van der Waals surface area contributed by atoms with Crippen molar-refractivity contribution in [2.24, 2.45) is 29.6 Å². The average Bonchev–Trinajstić information content (AvgIpc) is 3.35. The van der Waals surface area contributed by atoms with Crippen LogP contribution in [-0.4, -0.2) is 141 Å². The van der Waals surface area contributed by atoms with Crippen molar-refractivity contribution < 1.29 is 71.8 Å². The van der Waals surface area contributed by atoms with Crippen molar-refractivity contribution in [3.8, 4) is 0 Å². The summed E-state index contributed by atoms with van der Waals surface area (Å²) < 4.78 is 44.1. The number of fused-ring (bicyclic) bond motifs is 3. The molecule has 2 N–H and O–H groups in total. The molecule has 14 atom stereocenters. The van der Waals surface area contributed by atoms with Crippen LogP contribution in [0.4, 0.5) is 0 Å². The Bertz CT molecular complexity index is 2010. The minimum Gasteiger partial charge on any atom is -0.481 e. The molecule has 0 aromatic heterocycles. The van der Waals surface area contributed by atoms with Crippen molar-refractivity contribution in [2.75, 3.05) is 27.9 Å². The second-order valence-corrected chi connectivity index (χ2v) is 28.6. The van der Waals surface area contributed by atoms with E-state index < -0.39 is 104 Å². The molecule has 1 amide bonds. The van der Waals surface area contributed by atoms with Gasteiger partial charge in [0.15, 0.2) is 8.32 Å². The minimum absolute atomic E-state index is 0.00318. The van der Waals surface area contributed by atoms with Gasteiger partial charge in [-0.05, 0) is 126 Å². The summed E-state index contributed by atoms with van der Waals surface area (Å²) in [5, 5.41) is 21.0. The molecule has 1 saturated carbocycles. The van der Waals surface area contributed by atoms with E-state index in [2.05, 4.69) is 53.4 Å². The van der Waals surface area contributed by atoms with E-state index in [1.807, 2.05) is 26.8 Å². The molecule has 17 heteroatoms. The van der Waals surface area contributed by atoms with Gasteiger partial charge in [-0.25, -0.2) is 4.79 Å². The highest BCUT2D eigenvalue weighted by molar-refractivity contribution is 6.74. The summed E-state index contributed by atoms with van der Waals surface area (Å²) in [4.78, 5) is 84.2. The van der Waals surface area contributed by atoms with Crippen LogP contribution < -0.4 is 0 Å². The van der Waals surface area contributed by atoms with E-state index in [1.54, 1.807) is 27.2 Å². The smallest absolute Gasteiger partial charge is 0.329 e. The molecule has 0 radical (unpaired) electrons. The number of carbonyl (C=O) groups excluding carboxylic acids is 5. The van der Waals surface area contributed by atoms with Crippen LogP contribution in [0.5, 0.6) is 0 Å². The van der Waals surface area contributed by atoms with Gasteiger partial charge in [0.2, 0.25) is 5.79 Å². The third-order valence-corrected chi connectivity index (χ3v) is 21.4. The lowest BCUT2D eigenvalue weighted by molar-refractivity contribution is -0.302. The molecule has 3 heterocycles. The molecule has 14 unspecified atom stereocenters. The maximum Gasteiger partial charge on any atom is 0.329 e. The van der Waals surface area contributed by atoms with Crippen molar-refractivity contribution in [1.29, 1.82) is 0 Å². The van der Waals surface area contributed by atoms with Crippen LogP contribution in [0.15, 0.2) is 36.0 Å². The molecular weight excluding hydrogens is 979 g/mol. The topological polar surface area (TPSA) is 211 Å². The van der Waals surface area contributed by atoms with E-state index in [0.717, 1.165) is 18.4 Å². The maximum absolute atomic E-state index is 15.0. The number of piperidine rings is 1. The van der Waals surface area contributed by atoms with E-state index >= 15 is 4.79 Å². The third-order valence-electron chi connectivity index (χ3n) is 16.9. The number of allylic oxidation sites excluding steroid dienone is 4. The van der Waals surface area contributed by atoms with Crippen LogP contribution in [0.1, 0.15) is 165 Å². The van der Waals surface area contributed by atoms with Crippen molar-refractivity contribution in [3.63, 3.8) is 0 Å². The fourth-order valence-corrected chi connectivity index (χ4v) is 12.8. The number of ether oxygens (including phenoxy) is 6. The number of amides is 1. The van der Waals surface area contributed by atoms with Gasteiger partial charge in [0.25, 0.3) is 11.7 Å². The summed E-state index contributed by atoms with van der Waals surface area (Å²) in [5.41, 5.74) is 1.70. The van der Waals surface area contributed by atoms with E-state index in [-0.39, 0.29) is 67.3 Å². The van der Waals surface area contributed by atoms with Crippen LogP contribution in [0, 0.1) is 29.6 Å². The number of hydrogen-bond donors (Lipinski definition) is 2. The molecule has 4 rings (SSSR count). The Morgan fingerprint density at radius 2 is 1.51 bits per heavy atom. The van der Waals surface area contributed by atoms with Crippen molar-refractivity contribution >= 4 is 43.7 Å². The third kappa shape index (κ3) is 17.5. The summed E-state index contributed by atoms with van der Waals surface area (Å²) in [6.45, 7) is 24.3. The van der Waals surface area contributed by atoms with Gasteiger partial charge >= 0.3 is 17.9 Å². The Labute approximate surface area is 449 Å². The summed E-state index contributed by atoms with van der Waals surface area (Å²) in [6.07, 6.45) is 8.83. The van der Waals surface area contributed by atoms with Crippen LogP contribution >= 0.6 is 0 Å². The van der Waals surface area contributed by atoms with E-state index in [0.29, 0.717) is 69.8 Å². The van der Waals surface area contributed by atoms with Crippen LogP contribution in [0.3, 0.4) is 0 Å². The molecule has 0 aromatic carbocycles. The molecule has 426 valence electrons. The first-order chi connectivity index (χ1) is 35.2. The number of methoxy groups -OCH3 is 3. The number of rotatable bonds is 17. The fourth-order valence-electron chi connectivity index (χ4n) is 11.4. The Kier molecular flexibility index (Phi) is 24.6. The van der Waals surface area contributed by atoms with Crippen LogP contribution in [0.25, 0.3) is 0 Å².